The van der Waals surface area contributed by atoms with Gasteiger partial charge in [0.25, 0.3) is 0 Å². The lowest BCUT2D eigenvalue weighted by atomic mass is 10.0. The van der Waals surface area contributed by atoms with Gasteiger partial charge in [0.15, 0.2) is 5.82 Å². The van der Waals surface area contributed by atoms with Gasteiger partial charge in [0, 0.05) is 51.4 Å². The van der Waals surface area contributed by atoms with Crippen molar-refractivity contribution in [3.05, 3.63) is 48.7 Å². The summed E-state index contributed by atoms with van der Waals surface area (Å²) in [6.07, 6.45) is 6.58. The topological polar surface area (TPSA) is 84.2 Å². The van der Waals surface area contributed by atoms with Crippen LogP contribution in [0.5, 0.6) is 0 Å². The molecule has 3 aromatic rings. The summed E-state index contributed by atoms with van der Waals surface area (Å²) in [4.78, 5) is 17.8. The van der Waals surface area contributed by atoms with Crippen LogP contribution in [0.2, 0.25) is 0 Å². The molecule has 164 valence electrons. The molecule has 0 bridgehead atoms. The first-order valence-corrected chi connectivity index (χ1v) is 10.8. The van der Waals surface area contributed by atoms with E-state index < -0.39 is 0 Å². The molecule has 2 aromatic heterocycles. The zero-order chi connectivity index (χ0) is 21.2. The van der Waals surface area contributed by atoms with Crippen LogP contribution in [0, 0.1) is 0 Å². The van der Waals surface area contributed by atoms with Crippen LogP contribution in [0.15, 0.2) is 43.1 Å². The Morgan fingerprint density at radius 1 is 1.06 bits per heavy atom. The highest BCUT2D eigenvalue weighted by Gasteiger charge is 2.29. The molecule has 2 aliphatic rings. The van der Waals surface area contributed by atoms with Crippen molar-refractivity contribution in [2.75, 3.05) is 49.6 Å². The molecule has 0 radical (unpaired) electrons. The average Bonchev–Trinajstić information content (AvgIpc) is 3.22. The molecule has 0 aliphatic carbocycles. The second kappa shape index (κ2) is 8.60. The molecule has 2 fully saturated rings. The number of piperazine rings is 1. The number of ether oxygens (including phenoxy) is 1. The van der Waals surface area contributed by atoms with Crippen LogP contribution in [0.3, 0.4) is 0 Å². The Morgan fingerprint density at radius 2 is 1.90 bits per heavy atom. The molecule has 9 heteroatoms. The molecule has 0 unspecified atom stereocenters. The molecular formula is C22H30N8O. The van der Waals surface area contributed by atoms with Gasteiger partial charge in [-0.3, -0.25) is 9.88 Å². The maximum Gasteiger partial charge on any atom is 0.247 e. The minimum atomic E-state index is 0. The lowest BCUT2D eigenvalue weighted by Crippen LogP contribution is -2.56. The van der Waals surface area contributed by atoms with Crippen molar-refractivity contribution in [2.24, 2.45) is 0 Å². The molecule has 0 atom stereocenters. The van der Waals surface area contributed by atoms with Gasteiger partial charge in [-0.2, -0.15) is 9.67 Å². The quantitative estimate of drug-likeness (QED) is 0.649. The summed E-state index contributed by atoms with van der Waals surface area (Å²) in [7, 11) is 0. The normalized spacial score (nSPS) is 17.7. The predicted octanol–water partition coefficient (Wildman–Crippen LogP) is 2.69. The number of anilines is 3. The highest BCUT2D eigenvalue weighted by Crippen LogP contribution is 2.29. The first kappa shape index (κ1) is 19.9. The largest absolute Gasteiger partial charge is 0.378 e. The van der Waals surface area contributed by atoms with Crippen molar-refractivity contribution in [1.82, 2.24) is 29.6 Å². The SMILES string of the molecule is CC(C)c1cc(Nc2ncn(-c3cnccn3)n2)cc(N2CCN(C3COC3)CC2)c1.[HH]. The lowest BCUT2D eigenvalue weighted by Gasteiger charge is -2.43. The van der Waals surface area contributed by atoms with Gasteiger partial charge in [0.05, 0.1) is 25.5 Å². The van der Waals surface area contributed by atoms with Crippen LogP contribution in [-0.4, -0.2) is 75.1 Å². The van der Waals surface area contributed by atoms with Crippen molar-refractivity contribution >= 4 is 17.3 Å². The molecule has 1 aromatic carbocycles. The Hall–Kier alpha value is -3.04. The Labute approximate surface area is 183 Å². The molecule has 2 aliphatic heterocycles. The van der Waals surface area contributed by atoms with Crippen LogP contribution in [-0.2, 0) is 4.74 Å². The molecular weight excluding hydrogens is 392 g/mol. The van der Waals surface area contributed by atoms with Crippen molar-refractivity contribution in [3.8, 4) is 5.82 Å². The van der Waals surface area contributed by atoms with Gasteiger partial charge in [0.1, 0.15) is 6.33 Å². The van der Waals surface area contributed by atoms with Gasteiger partial charge in [-0.05, 0) is 29.7 Å². The summed E-state index contributed by atoms with van der Waals surface area (Å²) in [6, 6.07) is 7.29. The number of hydrogen-bond acceptors (Lipinski definition) is 8. The van der Waals surface area contributed by atoms with E-state index in [0.717, 1.165) is 45.1 Å². The van der Waals surface area contributed by atoms with Crippen molar-refractivity contribution < 1.29 is 6.16 Å². The third-order valence-electron chi connectivity index (χ3n) is 5.96. The minimum Gasteiger partial charge on any atom is -0.378 e. The van der Waals surface area contributed by atoms with E-state index in [2.05, 4.69) is 67.2 Å². The minimum absolute atomic E-state index is 0. The molecule has 1 N–H and O–H groups in total. The maximum atomic E-state index is 5.36. The summed E-state index contributed by atoms with van der Waals surface area (Å²) in [5.41, 5.74) is 3.53. The van der Waals surface area contributed by atoms with Crippen LogP contribution < -0.4 is 10.2 Å². The van der Waals surface area contributed by atoms with Crippen molar-refractivity contribution in [2.45, 2.75) is 25.8 Å². The predicted molar refractivity (Wildman–Crippen MR) is 121 cm³/mol. The van der Waals surface area contributed by atoms with Gasteiger partial charge >= 0.3 is 0 Å². The van der Waals surface area contributed by atoms with Gasteiger partial charge in [0.2, 0.25) is 5.95 Å². The fourth-order valence-corrected chi connectivity index (χ4v) is 3.97. The average molecular weight is 423 g/mol. The van der Waals surface area contributed by atoms with Gasteiger partial charge in [-0.25, -0.2) is 4.98 Å². The van der Waals surface area contributed by atoms with E-state index in [9.17, 15) is 0 Å². The first-order chi connectivity index (χ1) is 15.2. The monoisotopic (exact) mass is 422 g/mol. The smallest absolute Gasteiger partial charge is 0.247 e. The first-order valence-electron chi connectivity index (χ1n) is 10.8. The van der Waals surface area contributed by atoms with E-state index in [1.165, 1.54) is 11.3 Å². The Bertz CT molecular complexity index is 1020. The van der Waals surface area contributed by atoms with E-state index in [4.69, 9.17) is 4.74 Å². The molecule has 0 spiro atoms. The summed E-state index contributed by atoms with van der Waals surface area (Å²) >= 11 is 0. The Kier molecular flexibility index (Phi) is 5.52. The summed E-state index contributed by atoms with van der Waals surface area (Å²) < 4.78 is 6.98. The highest BCUT2D eigenvalue weighted by molar-refractivity contribution is 5.64. The van der Waals surface area contributed by atoms with E-state index >= 15 is 0 Å². The number of nitrogens with zero attached hydrogens (tertiary/aromatic N) is 7. The van der Waals surface area contributed by atoms with Crippen LogP contribution in [0.25, 0.3) is 5.82 Å². The number of aromatic nitrogens is 5. The van der Waals surface area contributed by atoms with Crippen LogP contribution in [0.1, 0.15) is 26.8 Å². The van der Waals surface area contributed by atoms with E-state index in [-0.39, 0.29) is 1.43 Å². The van der Waals surface area contributed by atoms with E-state index in [1.54, 1.807) is 29.6 Å². The molecule has 2 saturated heterocycles. The number of benzene rings is 1. The Morgan fingerprint density at radius 3 is 2.58 bits per heavy atom. The Balaban J connectivity index is 0.00000245. The maximum absolute atomic E-state index is 5.36. The second-order valence-corrected chi connectivity index (χ2v) is 8.38. The number of rotatable bonds is 6. The molecule has 0 saturated carbocycles. The zero-order valence-corrected chi connectivity index (χ0v) is 18.0. The molecule has 0 amide bonds. The van der Waals surface area contributed by atoms with E-state index in [0.29, 0.717) is 23.7 Å². The molecule has 31 heavy (non-hydrogen) atoms. The second-order valence-electron chi connectivity index (χ2n) is 8.38. The molecule has 4 heterocycles. The standard InChI is InChI=1S/C22H28N8O.H2/c1-16(2)17-9-18(26-22-25-15-30(27-22)21-12-23-3-4-24-21)11-19(10-17)28-5-7-29(8-6-28)20-13-31-14-20;/h3-4,9-12,15-16,20H,5-8,13-14H2,1-2H3,(H,26,27);1H. The van der Waals surface area contributed by atoms with Crippen LogP contribution >= 0.6 is 0 Å². The number of hydrogen-bond donors (Lipinski definition) is 1. The van der Waals surface area contributed by atoms with Gasteiger partial charge < -0.3 is 15.0 Å². The summed E-state index contributed by atoms with van der Waals surface area (Å²) in [5, 5.41) is 7.87. The van der Waals surface area contributed by atoms with Gasteiger partial charge in [-0.1, -0.05) is 13.8 Å². The van der Waals surface area contributed by atoms with E-state index in [1.807, 2.05) is 0 Å². The highest BCUT2D eigenvalue weighted by atomic mass is 16.5. The fourth-order valence-electron chi connectivity index (χ4n) is 3.97. The van der Waals surface area contributed by atoms with Crippen LogP contribution in [0.4, 0.5) is 17.3 Å². The number of nitrogens with one attached hydrogen (secondary N) is 1. The van der Waals surface area contributed by atoms with Gasteiger partial charge in [-0.15, -0.1) is 5.10 Å². The lowest BCUT2D eigenvalue weighted by molar-refractivity contribution is -0.0660. The molecule has 9 nitrogen and oxygen atoms in total. The fraction of sp³-hybridized carbons (Fsp3) is 0.455. The zero-order valence-electron chi connectivity index (χ0n) is 18.0. The third-order valence-corrected chi connectivity index (χ3v) is 5.96. The van der Waals surface area contributed by atoms with Crippen molar-refractivity contribution in [1.29, 1.82) is 0 Å². The summed E-state index contributed by atoms with van der Waals surface area (Å²) in [5.74, 6) is 1.60. The third kappa shape index (κ3) is 4.38. The molecule has 5 rings (SSSR count). The summed E-state index contributed by atoms with van der Waals surface area (Å²) in [6.45, 7) is 10.4. The van der Waals surface area contributed by atoms with Crippen molar-refractivity contribution in [3.63, 3.8) is 0 Å².